The Morgan fingerprint density at radius 1 is 1.27 bits per heavy atom. The lowest BCUT2D eigenvalue weighted by molar-refractivity contribution is 0.730. The lowest BCUT2D eigenvalue weighted by atomic mass is 10.0. The van der Waals surface area contributed by atoms with Crippen molar-refractivity contribution < 1.29 is 0 Å². The third kappa shape index (κ3) is 2.89. The van der Waals surface area contributed by atoms with E-state index in [9.17, 15) is 5.26 Å². The molecule has 4 heterocycles. The zero-order chi connectivity index (χ0) is 18.1. The van der Waals surface area contributed by atoms with Crippen LogP contribution in [-0.4, -0.2) is 28.5 Å². The topological polar surface area (TPSA) is 77.7 Å². The standard InChI is InChI=1S/C19H18N6S/c1-12-7-13(3-5-22-12)16-9-24-18(10-23-16)25-6-4-14-15(8-20)19(21-2)26-17(14)11-25/h3,5,7,9-10,21H,4,6,11H2,1-2H3. The van der Waals surface area contributed by atoms with E-state index in [2.05, 4.69) is 31.2 Å². The third-order valence-corrected chi connectivity index (χ3v) is 5.78. The van der Waals surface area contributed by atoms with E-state index in [4.69, 9.17) is 0 Å². The number of aryl methyl sites for hydroxylation is 1. The zero-order valence-electron chi connectivity index (χ0n) is 14.7. The van der Waals surface area contributed by atoms with Crippen LogP contribution in [-0.2, 0) is 13.0 Å². The van der Waals surface area contributed by atoms with Crippen molar-refractivity contribution in [2.75, 3.05) is 23.8 Å². The van der Waals surface area contributed by atoms with Gasteiger partial charge in [-0.3, -0.25) is 9.97 Å². The number of hydrogen-bond donors (Lipinski definition) is 1. The summed E-state index contributed by atoms with van der Waals surface area (Å²) in [5.41, 5.74) is 4.80. The molecule has 0 aromatic carbocycles. The fraction of sp³-hybridized carbons (Fsp3) is 0.263. The molecule has 0 unspecified atom stereocenters. The van der Waals surface area contributed by atoms with E-state index in [0.717, 1.165) is 52.8 Å². The van der Waals surface area contributed by atoms with Crippen molar-refractivity contribution in [1.82, 2.24) is 15.0 Å². The van der Waals surface area contributed by atoms with Crippen LogP contribution in [0.2, 0.25) is 0 Å². The molecule has 26 heavy (non-hydrogen) atoms. The van der Waals surface area contributed by atoms with Gasteiger partial charge in [-0.2, -0.15) is 5.26 Å². The molecule has 3 aromatic rings. The molecular weight excluding hydrogens is 344 g/mol. The van der Waals surface area contributed by atoms with Gasteiger partial charge in [0.25, 0.3) is 0 Å². The maximum Gasteiger partial charge on any atom is 0.147 e. The minimum atomic E-state index is 0.763. The van der Waals surface area contributed by atoms with Gasteiger partial charge >= 0.3 is 0 Å². The molecule has 7 heteroatoms. The molecule has 0 saturated heterocycles. The maximum atomic E-state index is 9.41. The van der Waals surface area contributed by atoms with Gasteiger partial charge in [0, 0.05) is 35.9 Å². The Kier molecular flexibility index (Phi) is 4.27. The summed E-state index contributed by atoms with van der Waals surface area (Å²) in [4.78, 5) is 16.9. The van der Waals surface area contributed by atoms with E-state index in [0.29, 0.717) is 0 Å². The molecule has 4 rings (SSSR count). The van der Waals surface area contributed by atoms with Crippen LogP contribution in [0.3, 0.4) is 0 Å². The summed E-state index contributed by atoms with van der Waals surface area (Å²) in [7, 11) is 1.86. The van der Waals surface area contributed by atoms with Crippen molar-refractivity contribution in [3.63, 3.8) is 0 Å². The Morgan fingerprint density at radius 3 is 2.85 bits per heavy atom. The molecule has 0 atom stereocenters. The third-order valence-electron chi connectivity index (χ3n) is 4.55. The average molecular weight is 362 g/mol. The van der Waals surface area contributed by atoms with Crippen molar-refractivity contribution in [3.8, 4) is 17.3 Å². The average Bonchev–Trinajstić information content (AvgIpc) is 3.05. The van der Waals surface area contributed by atoms with Gasteiger partial charge in [-0.05, 0) is 31.0 Å². The monoisotopic (exact) mass is 362 g/mol. The van der Waals surface area contributed by atoms with Gasteiger partial charge < -0.3 is 10.2 Å². The Hall–Kier alpha value is -2.98. The Labute approximate surface area is 156 Å². The second-order valence-electron chi connectivity index (χ2n) is 6.19. The van der Waals surface area contributed by atoms with E-state index in [1.54, 1.807) is 17.5 Å². The Balaban J connectivity index is 1.58. The fourth-order valence-electron chi connectivity index (χ4n) is 3.23. The van der Waals surface area contributed by atoms with Crippen LogP contribution >= 0.6 is 11.3 Å². The van der Waals surface area contributed by atoms with Crippen LogP contribution in [0, 0.1) is 18.3 Å². The quantitative estimate of drug-likeness (QED) is 0.769. The first kappa shape index (κ1) is 16.5. The number of rotatable bonds is 3. The molecule has 0 fully saturated rings. The smallest absolute Gasteiger partial charge is 0.147 e. The van der Waals surface area contributed by atoms with E-state index in [1.165, 1.54) is 10.4 Å². The van der Waals surface area contributed by atoms with Crippen LogP contribution in [0.1, 0.15) is 21.7 Å². The summed E-state index contributed by atoms with van der Waals surface area (Å²) in [5, 5.41) is 13.5. The molecule has 0 bridgehead atoms. The summed E-state index contributed by atoms with van der Waals surface area (Å²) in [5.74, 6) is 0.864. The minimum Gasteiger partial charge on any atom is -0.379 e. The highest BCUT2D eigenvalue weighted by Gasteiger charge is 2.25. The van der Waals surface area contributed by atoms with Gasteiger partial charge in [0.2, 0.25) is 0 Å². The summed E-state index contributed by atoms with van der Waals surface area (Å²) >= 11 is 1.66. The molecule has 1 aliphatic heterocycles. The van der Waals surface area contributed by atoms with Gasteiger partial charge in [0.15, 0.2) is 0 Å². The van der Waals surface area contributed by atoms with Gasteiger partial charge in [-0.25, -0.2) is 4.98 Å². The zero-order valence-corrected chi connectivity index (χ0v) is 15.5. The number of fused-ring (bicyclic) bond motifs is 1. The number of nitriles is 1. The van der Waals surface area contributed by atoms with Crippen molar-refractivity contribution in [1.29, 1.82) is 5.26 Å². The SMILES string of the molecule is CNc1sc2c(c1C#N)CCN(c1cnc(-c3ccnc(C)c3)cn1)C2. The molecular formula is C19H18N6S. The van der Waals surface area contributed by atoms with E-state index >= 15 is 0 Å². The van der Waals surface area contributed by atoms with Crippen molar-refractivity contribution in [2.24, 2.45) is 0 Å². The number of aromatic nitrogens is 3. The van der Waals surface area contributed by atoms with Crippen LogP contribution < -0.4 is 10.2 Å². The maximum absolute atomic E-state index is 9.41. The molecule has 1 N–H and O–H groups in total. The first-order valence-corrected chi connectivity index (χ1v) is 9.23. The largest absolute Gasteiger partial charge is 0.379 e. The van der Waals surface area contributed by atoms with Crippen LogP contribution in [0.25, 0.3) is 11.3 Å². The number of thiophene rings is 1. The molecule has 0 amide bonds. The van der Waals surface area contributed by atoms with Gasteiger partial charge in [0.1, 0.15) is 16.9 Å². The first-order valence-electron chi connectivity index (χ1n) is 8.42. The molecule has 0 spiro atoms. The molecule has 0 saturated carbocycles. The van der Waals surface area contributed by atoms with Gasteiger partial charge in [-0.15, -0.1) is 11.3 Å². The van der Waals surface area contributed by atoms with Crippen molar-refractivity contribution >= 4 is 22.2 Å². The molecule has 3 aromatic heterocycles. The highest BCUT2D eigenvalue weighted by molar-refractivity contribution is 7.16. The lowest BCUT2D eigenvalue weighted by Crippen LogP contribution is -2.30. The second-order valence-corrected chi connectivity index (χ2v) is 7.29. The number of hydrogen-bond acceptors (Lipinski definition) is 7. The molecule has 0 radical (unpaired) electrons. The van der Waals surface area contributed by atoms with Crippen molar-refractivity contribution in [3.05, 3.63) is 52.4 Å². The van der Waals surface area contributed by atoms with E-state index < -0.39 is 0 Å². The predicted molar refractivity (Wildman–Crippen MR) is 103 cm³/mol. The highest BCUT2D eigenvalue weighted by Crippen LogP contribution is 2.37. The molecule has 130 valence electrons. The summed E-state index contributed by atoms with van der Waals surface area (Å²) in [6.45, 7) is 3.56. The number of nitrogens with zero attached hydrogens (tertiary/aromatic N) is 5. The fourth-order valence-corrected chi connectivity index (χ4v) is 4.40. The predicted octanol–water partition coefficient (Wildman–Crippen LogP) is 3.38. The van der Waals surface area contributed by atoms with Crippen LogP contribution in [0.4, 0.5) is 10.8 Å². The molecule has 6 nitrogen and oxygen atoms in total. The Morgan fingerprint density at radius 2 is 2.15 bits per heavy atom. The van der Waals surface area contributed by atoms with Gasteiger partial charge in [0.05, 0.1) is 30.2 Å². The number of nitrogens with one attached hydrogen (secondary N) is 1. The minimum absolute atomic E-state index is 0.763. The van der Waals surface area contributed by atoms with Crippen LogP contribution in [0.15, 0.2) is 30.7 Å². The molecule has 0 aliphatic carbocycles. The lowest BCUT2D eigenvalue weighted by Gasteiger charge is -2.27. The normalized spacial score (nSPS) is 13.2. The van der Waals surface area contributed by atoms with Crippen molar-refractivity contribution in [2.45, 2.75) is 19.9 Å². The van der Waals surface area contributed by atoms with E-state index in [1.807, 2.05) is 38.5 Å². The van der Waals surface area contributed by atoms with Crippen LogP contribution in [0.5, 0.6) is 0 Å². The highest BCUT2D eigenvalue weighted by atomic mass is 32.1. The van der Waals surface area contributed by atoms with E-state index in [-0.39, 0.29) is 0 Å². The number of anilines is 2. The molecule has 1 aliphatic rings. The summed E-state index contributed by atoms with van der Waals surface area (Å²) < 4.78 is 0. The first-order chi connectivity index (χ1) is 12.7. The van der Waals surface area contributed by atoms with Gasteiger partial charge in [-0.1, -0.05) is 0 Å². The Bertz CT molecular complexity index is 986. The summed E-state index contributed by atoms with van der Waals surface area (Å²) in [6.07, 6.45) is 6.28. The summed E-state index contributed by atoms with van der Waals surface area (Å²) in [6, 6.07) is 6.28. The second kappa shape index (κ2) is 6.73. The number of pyridine rings is 1.